The molecule has 21 heavy (non-hydrogen) atoms. The molecule has 108 valence electrons. The van der Waals surface area contributed by atoms with Gasteiger partial charge in [0.15, 0.2) is 0 Å². The number of carbonyl (C=O) groups is 1. The number of carbonyl (C=O) groups excluding carboxylic acids is 1. The van der Waals surface area contributed by atoms with Gasteiger partial charge in [0, 0.05) is 20.1 Å². The highest BCUT2D eigenvalue weighted by Crippen LogP contribution is 2.16. The highest BCUT2D eigenvalue weighted by Gasteiger charge is 2.20. The van der Waals surface area contributed by atoms with E-state index in [9.17, 15) is 4.79 Å². The fourth-order valence-corrected chi connectivity index (χ4v) is 2.60. The highest BCUT2D eigenvalue weighted by molar-refractivity contribution is 5.92. The normalized spacial score (nSPS) is 14.2. The van der Waals surface area contributed by atoms with Crippen LogP contribution in [-0.4, -0.2) is 40.9 Å². The molecule has 0 unspecified atom stereocenters. The summed E-state index contributed by atoms with van der Waals surface area (Å²) in [5.41, 5.74) is 3.08. The number of hydrogen-bond acceptors (Lipinski definition) is 4. The van der Waals surface area contributed by atoms with Gasteiger partial charge in [0.25, 0.3) is 5.91 Å². The molecule has 1 aliphatic heterocycles. The van der Waals surface area contributed by atoms with Crippen LogP contribution in [0.3, 0.4) is 0 Å². The maximum absolute atomic E-state index is 12.5. The molecule has 2 heterocycles. The van der Waals surface area contributed by atoms with Gasteiger partial charge in [0.05, 0.1) is 12.4 Å². The minimum atomic E-state index is -0.0436. The highest BCUT2D eigenvalue weighted by atomic mass is 16.2. The van der Waals surface area contributed by atoms with Crippen molar-refractivity contribution in [3.05, 3.63) is 53.5 Å². The molecular formula is C16H18N4O. The average Bonchev–Trinajstić information content (AvgIpc) is 2.77. The Hall–Kier alpha value is -2.43. The zero-order valence-corrected chi connectivity index (χ0v) is 12.0. The van der Waals surface area contributed by atoms with Crippen LogP contribution in [0.5, 0.6) is 0 Å². The predicted octanol–water partition coefficient (Wildman–Crippen LogP) is 1.76. The Labute approximate surface area is 124 Å². The number of hydrogen-bond donors (Lipinski definition) is 1. The van der Waals surface area contributed by atoms with E-state index in [1.807, 2.05) is 4.90 Å². The second-order valence-electron chi connectivity index (χ2n) is 5.10. The van der Waals surface area contributed by atoms with E-state index in [0.717, 1.165) is 25.9 Å². The standard InChI is InChI=1S/C16H18N4O/c1-17-15-11-18-14(10-19-15)16(21)20-8-6-12-4-2-3-5-13(12)7-9-20/h2-5,10-11H,6-9H2,1H3,(H,17,19). The molecule has 1 amide bonds. The Morgan fingerprint density at radius 2 is 1.76 bits per heavy atom. The van der Waals surface area contributed by atoms with Gasteiger partial charge in [-0.05, 0) is 24.0 Å². The van der Waals surface area contributed by atoms with Crippen LogP contribution in [-0.2, 0) is 12.8 Å². The van der Waals surface area contributed by atoms with Crippen LogP contribution in [0, 0.1) is 0 Å². The van der Waals surface area contributed by atoms with Gasteiger partial charge in [0.2, 0.25) is 0 Å². The molecule has 0 atom stereocenters. The minimum Gasteiger partial charge on any atom is -0.372 e. The number of rotatable bonds is 2. The summed E-state index contributed by atoms with van der Waals surface area (Å²) >= 11 is 0. The lowest BCUT2D eigenvalue weighted by atomic mass is 10.0. The number of nitrogens with one attached hydrogen (secondary N) is 1. The van der Waals surface area contributed by atoms with Gasteiger partial charge < -0.3 is 10.2 Å². The third-order valence-electron chi connectivity index (χ3n) is 3.83. The van der Waals surface area contributed by atoms with E-state index in [0.29, 0.717) is 11.5 Å². The molecule has 1 N–H and O–H groups in total. The van der Waals surface area contributed by atoms with Gasteiger partial charge in [0.1, 0.15) is 11.5 Å². The third-order valence-corrected chi connectivity index (χ3v) is 3.83. The average molecular weight is 282 g/mol. The van der Waals surface area contributed by atoms with Crippen LogP contribution in [0.15, 0.2) is 36.7 Å². The zero-order valence-electron chi connectivity index (χ0n) is 12.0. The first kappa shape index (κ1) is 13.5. The van der Waals surface area contributed by atoms with Crippen LogP contribution in [0.2, 0.25) is 0 Å². The number of amides is 1. The van der Waals surface area contributed by atoms with Crippen LogP contribution >= 0.6 is 0 Å². The quantitative estimate of drug-likeness (QED) is 0.912. The van der Waals surface area contributed by atoms with E-state index in [4.69, 9.17) is 0 Å². The third kappa shape index (κ3) is 2.86. The lowest BCUT2D eigenvalue weighted by molar-refractivity contribution is 0.0757. The molecule has 0 saturated heterocycles. The fourth-order valence-electron chi connectivity index (χ4n) is 2.60. The van der Waals surface area contributed by atoms with Crippen molar-refractivity contribution in [2.24, 2.45) is 0 Å². The molecule has 1 aromatic heterocycles. The van der Waals surface area contributed by atoms with E-state index in [2.05, 4.69) is 39.6 Å². The van der Waals surface area contributed by atoms with E-state index in [-0.39, 0.29) is 5.91 Å². The number of fused-ring (bicyclic) bond motifs is 1. The van der Waals surface area contributed by atoms with Crippen molar-refractivity contribution in [2.45, 2.75) is 12.8 Å². The lowest BCUT2D eigenvalue weighted by Crippen LogP contribution is -2.33. The largest absolute Gasteiger partial charge is 0.372 e. The minimum absolute atomic E-state index is 0.0436. The van der Waals surface area contributed by atoms with Crippen molar-refractivity contribution < 1.29 is 4.79 Å². The second-order valence-corrected chi connectivity index (χ2v) is 5.10. The summed E-state index contributed by atoms with van der Waals surface area (Å²) in [4.78, 5) is 22.7. The number of anilines is 1. The SMILES string of the molecule is CNc1cnc(C(=O)N2CCc3ccccc3CC2)cn1. The summed E-state index contributed by atoms with van der Waals surface area (Å²) in [6.45, 7) is 1.45. The molecule has 0 bridgehead atoms. The Kier molecular flexibility index (Phi) is 3.81. The fraction of sp³-hybridized carbons (Fsp3) is 0.312. The van der Waals surface area contributed by atoms with Crippen molar-refractivity contribution in [1.29, 1.82) is 0 Å². The Morgan fingerprint density at radius 3 is 2.29 bits per heavy atom. The van der Waals surface area contributed by atoms with Gasteiger partial charge in [-0.15, -0.1) is 0 Å². The number of benzene rings is 1. The summed E-state index contributed by atoms with van der Waals surface area (Å²) in [7, 11) is 1.78. The smallest absolute Gasteiger partial charge is 0.274 e. The molecular weight excluding hydrogens is 264 g/mol. The molecule has 0 saturated carbocycles. The first-order valence-electron chi connectivity index (χ1n) is 7.14. The lowest BCUT2D eigenvalue weighted by Gasteiger charge is -2.19. The summed E-state index contributed by atoms with van der Waals surface area (Å²) in [5, 5.41) is 2.90. The Bertz CT molecular complexity index is 612. The van der Waals surface area contributed by atoms with Gasteiger partial charge in [-0.2, -0.15) is 0 Å². The van der Waals surface area contributed by atoms with Gasteiger partial charge >= 0.3 is 0 Å². The molecule has 1 aliphatic rings. The molecule has 1 aromatic carbocycles. The van der Waals surface area contributed by atoms with Crippen molar-refractivity contribution in [2.75, 3.05) is 25.5 Å². The van der Waals surface area contributed by atoms with E-state index in [1.54, 1.807) is 13.2 Å². The first-order chi connectivity index (χ1) is 10.3. The van der Waals surface area contributed by atoms with Gasteiger partial charge in [-0.1, -0.05) is 24.3 Å². The molecule has 0 fully saturated rings. The van der Waals surface area contributed by atoms with E-state index < -0.39 is 0 Å². The Morgan fingerprint density at radius 1 is 1.10 bits per heavy atom. The first-order valence-corrected chi connectivity index (χ1v) is 7.14. The van der Waals surface area contributed by atoms with Crippen molar-refractivity contribution in [3.63, 3.8) is 0 Å². The van der Waals surface area contributed by atoms with Crippen LogP contribution in [0.1, 0.15) is 21.6 Å². The molecule has 3 rings (SSSR count). The van der Waals surface area contributed by atoms with E-state index in [1.165, 1.54) is 17.3 Å². The zero-order chi connectivity index (χ0) is 14.7. The Balaban J connectivity index is 1.74. The maximum atomic E-state index is 12.5. The summed E-state index contributed by atoms with van der Waals surface area (Å²) < 4.78 is 0. The summed E-state index contributed by atoms with van der Waals surface area (Å²) in [6, 6.07) is 8.40. The van der Waals surface area contributed by atoms with E-state index >= 15 is 0 Å². The molecule has 0 aliphatic carbocycles. The molecule has 2 aromatic rings. The molecule has 0 spiro atoms. The molecule has 0 radical (unpaired) electrons. The van der Waals surface area contributed by atoms with Gasteiger partial charge in [-0.3, -0.25) is 4.79 Å². The number of nitrogens with zero attached hydrogens (tertiary/aromatic N) is 3. The van der Waals surface area contributed by atoms with Crippen LogP contribution in [0.4, 0.5) is 5.82 Å². The van der Waals surface area contributed by atoms with Crippen LogP contribution in [0.25, 0.3) is 0 Å². The van der Waals surface area contributed by atoms with Gasteiger partial charge in [-0.25, -0.2) is 9.97 Å². The molecule has 5 heteroatoms. The van der Waals surface area contributed by atoms with Crippen LogP contribution < -0.4 is 5.32 Å². The molecule has 5 nitrogen and oxygen atoms in total. The van der Waals surface area contributed by atoms with Crippen molar-refractivity contribution in [1.82, 2.24) is 14.9 Å². The van der Waals surface area contributed by atoms with Crippen molar-refractivity contribution >= 4 is 11.7 Å². The van der Waals surface area contributed by atoms with Crippen molar-refractivity contribution in [3.8, 4) is 0 Å². The summed E-state index contributed by atoms with van der Waals surface area (Å²) in [5.74, 6) is 0.618. The topological polar surface area (TPSA) is 58.1 Å². The monoisotopic (exact) mass is 282 g/mol. The maximum Gasteiger partial charge on any atom is 0.274 e. The second kappa shape index (κ2) is 5.91. The predicted molar refractivity (Wildman–Crippen MR) is 81.3 cm³/mol. The summed E-state index contributed by atoms with van der Waals surface area (Å²) in [6.07, 6.45) is 4.90. The number of aromatic nitrogens is 2.